The molecular formula is C12H27N3O2. The first-order chi connectivity index (χ1) is 7.64. The molecule has 0 rings (SSSR count). The Labute approximate surface area is 105 Å². The molecule has 2 unspecified atom stereocenters. The van der Waals surface area contributed by atoms with Gasteiger partial charge in [-0.25, -0.2) is 0 Å². The molecule has 0 aliphatic heterocycles. The Bertz CT molecular complexity index is 240. The highest BCUT2D eigenvalue weighted by Crippen LogP contribution is 2.03. The van der Waals surface area contributed by atoms with Crippen molar-refractivity contribution in [2.75, 3.05) is 27.2 Å². The number of amides is 1. The lowest BCUT2D eigenvalue weighted by molar-refractivity contribution is -0.123. The van der Waals surface area contributed by atoms with Gasteiger partial charge >= 0.3 is 0 Å². The second-order valence-corrected chi connectivity index (χ2v) is 5.50. The minimum atomic E-state index is -0.837. The zero-order valence-corrected chi connectivity index (χ0v) is 11.9. The largest absolute Gasteiger partial charge is 0.388 e. The van der Waals surface area contributed by atoms with Crippen molar-refractivity contribution < 1.29 is 9.90 Å². The summed E-state index contributed by atoms with van der Waals surface area (Å²) in [6, 6.07) is -0.167. The molecule has 5 nitrogen and oxygen atoms in total. The van der Waals surface area contributed by atoms with Gasteiger partial charge in [0.05, 0.1) is 11.6 Å². The molecule has 0 fully saturated rings. The standard InChI is InChI=1S/C12H27N3O2/c1-9(2)14-11(16)10(3)13-7-12(4,17)8-15(5)6/h9-10,13,17H,7-8H2,1-6H3,(H,14,16). The predicted octanol–water partition coefficient (Wildman–Crippen LogP) is -0.198. The van der Waals surface area contributed by atoms with Crippen molar-refractivity contribution in [2.24, 2.45) is 0 Å². The monoisotopic (exact) mass is 245 g/mol. The van der Waals surface area contributed by atoms with Crippen molar-refractivity contribution in [3.8, 4) is 0 Å². The molecule has 0 aromatic heterocycles. The van der Waals surface area contributed by atoms with Gasteiger partial charge in [0.15, 0.2) is 0 Å². The Hall–Kier alpha value is -0.650. The summed E-state index contributed by atoms with van der Waals surface area (Å²) in [5.74, 6) is -0.0411. The molecular weight excluding hydrogens is 218 g/mol. The van der Waals surface area contributed by atoms with Crippen LogP contribution in [0.5, 0.6) is 0 Å². The van der Waals surface area contributed by atoms with Crippen LogP contribution in [0, 0.1) is 0 Å². The molecule has 3 N–H and O–H groups in total. The van der Waals surface area contributed by atoms with Gasteiger partial charge in [-0.05, 0) is 41.8 Å². The molecule has 0 bridgehead atoms. The first-order valence-corrected chi connectivity index (χ1v) is 6.05. The summed E-state index contributed by atoms with van der Waals surface area (Å²) in [6.45, 7) is 8.34. The number of hydrogen-bond acceptors (Lipinski definition) is 4. The van der Waals surface area contributed by atoms with E-state index < -0.39 is 5.60 Å². The lowest BCUT2D eigenvalue weighted by atomic mass is 10.1. The number of aliphatic hydroxyl groups is 1. The van der Waals surface area contributed by atoms with Crippen molar-refractivity contribution in [2.45, 2.75) is 45.4 Å². The van der Waals surface area contributed by atoms with Crippen LogP contribution in [0.25, 0.3) is 0 Å². The van der Waals surface area contributed by atoms with Gasteiger partial charge in [-0.1, -0.05) is 0 Å². The van der Waals surface area contributed by atoms with Gasteiger partial charge in [-0.15, -0.1) is 0 Å². The maximum atomic E-state index is 11.6. The van der Waals surface area contributed by atoms with Gasteiger partial charge in [0.1, 0.15) is 0 Å². The van der Waals surface area contributed by atoms with Gasteiger partial charge in [0, 0.05) is 19.1 Å². The Balaban J connectivity index is 4.05. The fourth-order valence-electron chi connectivity index (χ4n) is 1.61. The molecule has 5 heteroatoms. The maximum absolute atomic E-state index is 11.6. The molecule has 0 saturated heterocycles. The van der Waals surface area contributed by atoms with E-state index in [9.17, 15) is 9.90 Å². The quantitative estimate of drug-likeness (QED) is 0.581. The minimum Gasteiger partial charge on any atom is -0.388 e. The first-order valence-electron chi connectivity index (χ1n) is 6.05. The van der Waals surface area contributed by atoms with E-state index in [0.717, 1.165) is 0 Å². The highest BCUT2D eigenvalue weighted by Gasteiger charge is 2.23. The summed E-state index contributed by atoms with van der Waals surface area (Å²) in [6.07, 6.45) is 0. The van der Waals surface area contributed by atoms with Crippen molar-refractivity contribution in [1.29, 1.82) is 0 Å². The van der Waals surface area contributed by atoms with Crippen LogP contribution >= 0.6 is 0 Å². The van der Waals surface area contributed by atoms with Gasteiger partial charge in [0.25, 0.3) is 0 Å². The number of carbonyl (C=O) groups excluding carboxylic acids is 1. The number of nitrogens with one attached hydrogen (secondary N) is 2. The van der Waals surface area contributed by atoms with Crippen LogP contribution in [0.4, 0.5) is 0 Å². The van der Waals surface area contributed by atoms with E-state index >= 15 is 0 Å². The summed E-state index contributed by atoms with van der Waals surface area (Å²) >= 11 is 0. The lowest BCUT2D eigenvalue weighted by Crippen LogP contribution is -2.52. The number of rotatable bonds is 7. The molecule has 17 heavy (non-hydrogen) atoms. The van der Waals surface area contributed by atoms with Gasteiger partial charge in [0.2, 0.25) is 5.91 Å². The molecule has 0 saturated carbocycles. The van der Waals surface area contributed by atoms with Crippen LogP contribution in [0.2, 0.25) is 0 Å². The number of hydrogen-bond donors (Lipinski definition) is 3. The van der Waals surface area contributed by atoms with E-state index in [1.54, 1.807) is 13.8 Å². The highest BCUT2D eigenvalue weighted by molar-refractivity contribution is 5.81. The van der Waals surface area contributed by atoms with Gasteiger partial charge < -0.3 is 20.6 Å². The second kappa shape index (κ2) is 6.93. The highest BCUT2D eigenvalue weighted by atomic mass is 16.3. The van der Waals surface area contributed by atoms with E-state index in [4.69, 9.17) is 0 Å². The molecule has 0 aromatic carbocycles. The van der Waals surface area contributed by atoms with Crippen LogP contribution in [-0.2, 0) is 4.79 Å². The van der Waals surface area contributed by atoms with Crippen LogP contribution in [0.15, 0.2) is 0 Å². The Kier molecular flexibility index (Phi) is 6.67. The number of carbonyl (C=O) groups is 1. The zero-order chi connectivity index (χ0) is 13.6. The third kappa shape index (κ3) is 8.12. The predicted molar refractivity (Wildman–Crippen MR) is 69.9 cm³/mol. The topological polar surface area (TPSA) is 64.6 Å². The van der Waals surface area contributed by atoms with E-state index in [1.807, 2.05) is 32.8 Å². The van der Waals surface area contributed by atoms with Crippen LogP contribution in [0.3, 0.4) is 0 Å². The summed E-state index contributed by atoms with van der Waals surface area (Å²) in [4.78, 5) is 13.5. The SMILES string of the molecule is CC(C)NC(=O)C(C)NCC(C)(O)CN(C)C. The third-order valence-electron chi connectivity index (χ3n) is 2.27. The smallest absolute Gasteiger partial charge is 0.237 e. The zero-order valence-electron chi connectivity index (χ0n) is 11.9. The fourth-order valence-corrected chi connectivity index (χ4v) is 1.61. The summed E-state index contributed by atoms with van der Waals surface area (Å²) in [5.41, 5.74) is -0.837. The fraction of sp³-hybridized carbons (Fsp3) is 0.917. The normalized spacial score (nSPS) is 17.0. The first kappa shape index (κ1) is 16.4. The molecule has 0 radical (unpaired) electrons. The molecule has 102 valence electrons. The van der Waals surface area contributed by atoms with Crippen molar-refractivity contribution in [3.63, 3.8) is 0 Å². The van der Waals surface area contributed by atoms with E-state index in [-0.39, 0.29) is 18.0 Å². The molecule has 0 aromatic rings. The molecule has 0 heterocycles. The second-order valence-electron chi connectivity index (χ2n) is 5.50. The summed E-state index contributed by atoms with van der Waals surface area (Å²) < 4.78 is 0. The Morgan fingerprint density at radius 1 is 1.35 bits per heavy atom. The summed E-state index contributed by atoms with van der Waals surface area (Å²) in [7, 11) is 3.81. The van der Waals surface area contributed by atoms with E-state index in [2.05, 4.69) is 10.6 Å². The van der Waals surface area contributed by atoms with Crippen LogP contribution in [0.1, 0.15) is 27.7 Å². The lowest BCUT2D eigenvalue weighted by Gasteiger charge is -2.28. The molecule has 0 aliphatic rings. The van der Waals surface area contributed by atoms with Crippen molar-refractivity contribution >= 4 is 5.91 Å². The molecule has 1 amide bonds. The van der Waals surface area contributed by atoms with Gasteiger partial charge in [-0.3, -0.25) is 4.79 Å². The molecule has 0 aliphatic carbocycles. The average molecular weight is 245 g/mol. The van der Waals surface area contributed by atoms with Crippen LogP contribution in [-0.4, -0.2) is 60.8 Å². The average Bonchev–Trinajstić information content (AvgIpc) is 2.11. The third-order valence-corrected chi connectivity index (χ3v) is 2.27. The van der Waals surface area contributed by atoms with Crippen molar-refractivity contribution in [3.05, 3.63) is 0 Å². The Morgan fingerprint density at radius 3 is 2.29 bits per heavy atom. The van der Waals surface area contributed by atoms with E-state index in [0.29, 0.717) is 13.1 Å². The molecule has 2 atom stereocenters. The van der Waals surface area contributed by atoms with E-state index in [1.165, 1.54) is 0 Å². The van der Waals surface area contributed by atoms with Crippen molar-refractivity contribution in [1.82, 2.24) is 15.5 Å². The maximum Gasteiger partial charge on any atom is 0.237 e. The number of likely N-dealkylation sites (N-methyl/N-ethyl adjacent to an activating group) is 1. The Morgan fingerprint density at radius 2 is 1.88 bits per heavy atom. The minimum absolute atomic E-state index is 0.0411. The molecule has 0 spiro atoms. The summed E-state index contributed by atoms with van der Waals surface area (Å²) in [5, 5.41) is 15.9. The van der Waals surface area contributed by atoms with Crippen LogP contribution < -0.4 is 10.6 Å². The number of nitrogens with zero attached hydrogens (tertiary/aromatic N) is 1. The van der Waals surface area contributed by atoms with Gasteiger partial charge in [-0.2, -0.15) is 0 Å².